The number of nitrogens with one attached hydrogen (secondary N) is 1. The molecule has 2 rings (SSSR count). The minimum Gasteiger partial charge on any atom is -0.309 e. The van der Waals surface area contributed by atoms with Crippen molar-refractivity contribution < 1.29 is 4.79 Å². The molecule has 19 heavy (non-hydrogen) atoms. The number of anilines is 1. The molecule has 0 fully saturated rings. The molecule has 1 aromatic carbocycles. The number of carbonyl (C=O) groups is 1. The summed E-state index contributed by atoms with van der Waals surface area (Å²) >= 11 is 1.62. The van der Waals surface area contributed by atoms with Crippen LogP contribution in [-0.2, 0) is 10.5 Å². The fourth-order valence-electron chi connectivity index (χ4n) is 1.43. The van der Waals surface area contributed by atoms with E-state index in [0.717, 1.165) is 10.8 Å². The third-order valence-corrected chi connectivity index (χ3v) is 3.45. The molecule has 98 valence electrons. The number of aromatic nitrogens is 2. The molecule has 1 N–H and O–H groups in total. The minimum absolute atomic E-state index is 0.0565. The molecule has 0 aliphatic carbocycles. The predicted molar refractivity (Wildman–Crippen MR) is 77.0 cm³/mol. The molecule has 0 saturated carbocycles. The van der Waals surface area contributed by atoms with Crippen LogP contribution >= 0.6 is 11.8 Å². The molecular formula is C14H15N3OS. The maximum atomic E-state index is 11.2. The highest BCUT2D eigenvalue weighted by Gasteiger charge is 2.02. The summed E-state index contributed by atoms with van der Waals surface area (Å²) in [4.78, 5) is 11.2. The Morgan fingerprint density at radius 3 is 2.58 bits per heavy atom. The van der Waals surface area contributed by atoms with Gasteiger partial charge >= 0.3 is 0 Å². The first-order valence-electron chi connectivity index (χ1n) is 6.08. The Hall–Kier alpha value is -1.88. The van der Waals surface area contributed by atoms with Crippen molar-refractivity contribution in [2.45, 2.75) is 24.1 Å². The zero-order chi connectivity index (χ0) is 13.5. The number of thioether (sulfide) groups is 1. The molecule has 0 aliphatic heterocycles. The van der Waals surface area contributed by atoms with Crippen molar-refractivity contribution >= 4 is 23.5 Å². The van der Waals surface area contributed by atoms with Crippen LogP contribution in [0.2, 0.25) is 0 Å². The number of benzene rings is 1. The Balaban J connectivity index is 1.90. The van der Waals surface area contributed by atoms with Gasteiger partial charge in [-0.2, -0.15) is 0 Å². The van der Waals surface area contributed by atoms with Crippen LogP contribution in [0.25, 0.3) is 0 Å². The zero-order valence-electron chi connectivity index (χ0n) is 10.7. The third kappa shape index (κ3) is 4.37. The Labute approximate surface area is 116 Å². The van der Waals surface area contributed by atoms with Crippen molar-refractivity contribution in [3.63, 3.8) is 0 Å². The van der Waals surface area contributed by atoms with Crippen LogP contribution < -0.4 is 5.32 Å². The fourth-order valence-corrected chi connectivity index (χ4v) is 2.20. The van der Waals surface area contributed by atoms with Crippen LogP contribution in [0.5, 0.6) is 0 Å². The van der Waals surface area contributed by atoms with E-state index in [-0.39, 0.29) is 5.91 Å². The number of hydrogen-bond donors (Lipinski definition) is 1. The lowest BCUT2D eigenvalue weighted by Gasteiger charge is -2.03. The molecule has 2 aromatic rings. The van der Waals surface area contributed by atoms with Crippen molar-refractivity contribution in [1.82, 2.24) is 10.2 Å². The van der Waals surface area contributed by atoms with Crippen LogP contribution in [0, 0.1) is 0 Å². The molecule has 1 heterocycles. The highest BCUT2D eigenvalue weighted by Crippen LogP contribution is 2.20. The van der Waals surface area contributed by atoms with Gasteiger partial charge in [-0.05, 0) is 17.7 Å². The van der Waals surface area contributed by atoms with Gasteiger partial charge in [-0.25, -0.2) is 0 Å². The van der Waals surface area contributed by atoms with Gasteiger partial charge in [0.15, 0.2) is 5.82 Å². The normalized spacial score (nSPS) is 10.2. The van der Waals surface area contributed by atoms with E-state index >= 15 is 0 Å². The van der Waals surface area contributed by atoms with Gasteiger partial charge in [-0.15, -0.1) is 10.2 Å². The number of nitrogens with zero attached hydrogens (tertiary/aromatic N) is 2. The number of amides is 1. The second-order valence-corrected chi connectivity index (χ2v) is 4.93. The fraction of sp³-hybridized carbons (Fsp3) is 0.214. The van der Waals surface area contributed by atoms with E-state index in [4.69, 9.17) is 0 Å². The maximum absolute atomic E-state index is 11.2. The molecule has 0 radical (unpaired) electrons. The summed E-state index contributed by atoms with van der Waals surface area (Å²) in [5, 5.41) is 11.6. The summed E-state index contributed by atoms with van der Waals surface area (Å²) in [7, 11) is 0. The van der Waals surface area contributed by atoms with Crippen molar-refractivity contribution in [2.24, 2.45) is 0 Å². The van der Waals surface area contributed by atoms with Crippen molar-refractivity contribution in [2.75, 3.05) is 5.32 Å². The molecule has 1 aromatic heterocycles. The molecule has 4 nitrogen and oxygen atoms in total. The Bertz CT molecular complexity index is 528. The first kappa shape index (κ1) is 13.5. The van der Waals surface area contributed by atoms with Crippen molar-refractivity contribution in [1.29, 1.82) is 0 Å². The Morgan fingerprint density at radius 1 is 1.16 bits per heavy atom. The largest absolute Gasteiger partial charge is 0.309 e. The molecule has 1 amide bonds. The molecular weight excluding hydrogens is 258 g/mol. The second-order valence-electron chi connectivity index (χ2n) is 3.93. The molecule has 5 heteroatoms. The Morgan fingerprint density at radius 2 is 1.95 bits per heavy atom. The average Bonchev–Trinajstić information content (AvgIpc) is 2.47. The molecule has 0 spiro atoms. The molecule has 0 aliphatic rings. The van der Waals surface area contributed by atoms with Crippen LogP contribution in [0.15, 0.2) is 47.5 Å². The van der Waals surface area contributed by atoms with Crippen LogP contribution in [0.4, 0.5) is 5.82 Å². The van der Waals surface area contributed by atoms with Crippen LogP contribution in [0.1, 0.15) is 18.9 Å². The SMILES string of the molecule is CCC(=O)Nc1ccc(SCc2ccccc2)nn1. The van der Waals surface area contributed by atoms with Gasteiger partial charge in [0.2, 0.25) is 5.91 Å². The van der Waals surface area contributed by atoms with Gasteiger partial charge in [0.05, 0.1) is 0 Å². The first-order valence-corrected chi connectivity index (χ1v) is 7.07. The number of rotatable bonds is 5. The van der Waals surface area contributed by atoms with Gasteiger partial charge in [-0.1, -0.05) is 49.0 Å². The lowest BCUT2D eigenvalue weighted by molar-refractivity contribution is -0.115. The molecule has 0 saturated heterocycles. The van der Waals surface area contributed by atoms with E-state index < -0.39 is 0 Å². The molecule has 0 unspecified atom stereocenters. The smallest absolute Gasteiger partial charge is 0.225 e. The quantitative estimate of drug-likeness (QED) is 0.850. The van der Waals surface area contributed by atoms with E-state index in [1.54, 1.807) is 24.8 Å². The topological polar surface area (TPSA) is 54.9 Å². The summed E-state index contributed by atoms with van der Waals surface area (Å²) in [6.45, 7) is 1.80. The third-order valence-electron chi connectivity index (χ3n) is 2.46. The van der Waals surface area contributed by atoms with Gasteiger partial charge < -0.3 is 5.32 Å². The lowest BCUT2D eigenvalue weighted by atomic mass is 10.2. The van der Waals surface area contributed by atoms with Crippen LogP contribution in [-0.4, -0.2) is 16.1 Å². The lowest BCUT2D eigenvalue weighted by Crippen LogP contribution is -2.11. The van der Waals surface area contributed by atoms with E-state index in [9.17, 15) is 4.79 Å². The predicted octanol–water partition coefficient (Wildman–Crippen LogP) is 3.12. The van der Waals surface area contributed by atoms with Crippen LogP contribution in [0.3, 0.4) is 0 Å². The highest BCUT2D eigenvalue weighted by atomic mass is 32.2. The summed E-state index contributed by atoms with van der Waals surface area (Å²) in [5.74, 6) is 1.30. The Kier molecular flexibility index (Phi) is 4.92. The number of hydrogen-bond acceptors (Lipinski definition) is 4. The minimum atomic E-state index is -0.0565. The molecule has 0 atom stereocenters. The van der Waals surface area contributed by atoms with Gasteiger partial charge in [-0.3, -0.25) is 4.79 Å². The summed E-state index contributed by atoms with van der Waals surface area (Å²) in [5.41, 5.74) is 1.25. The van der Waals surface area contributed by atoms with Gasteiger partial charge in [0.25, 0.3) is 0 Å². The maximum Gasteiger partial charge on any atom is 0.225 e. The van der Waals surface area contributed by atoms with Crippen molar-refractivity contribution in [3.8, 4) is 0 Å². The van der Waals surface area contributed by atoms with Gasteiger partial charge in [0, 0.05) is 12.2 Å². The monoisotopic (exact) mass is 273 g/mol. The number of carbonyl (C=O) groups excluding carboxylic acids is 1. The summed E-state index contributed by atoms with van der Waals surface area (Å²) in [6, 6.07) is 13.8. The van der Waals surface area contributed by atoms with E-state index in [0.29, 0.717) is 12.2 Å². The van der Waals surface area contributed by atoms with Crippen molar-refractivity contribution in [3.05, 3.63) is 48.0 Å². The summed E-state index contributed by atoms with van der Waals surface area (Å²) < 4.78 is 0. The highest BCUT2D eigenvalue weighted by molar-refractivity contribution is 7.98. The standard InChI is InChI=1S/C14H15N3OS/c1-2-13(18)15-12-8-9-14(17-16-12)19-10-11-6-4-3-5-7-11/h3-9H,2,10H2,1H3,(H,15,16,18). The van der Waals surface area contributed by atoms with E-state index in [1.165, 1.54) is 5.56 Å². The summed E-state index contributed by atoms with van der Waals surface area (Å²) in [6.07, 6.45) is 0.437. The van der Waals surface area contributed by atoms with Gasteiger partial charge in [0.1, 0.15) is 5.03 Å². The van der Waals surface area contributed by atoms with E-state index in [2.05, 4.69) is 27.6 Å². The van der Waals surface area contributed by atoms with E-state index in [1.807, 2.05) is 24.3 Å². The first-order chi connectivity index (χ1) is 9.28. The zero-order valence-corrected chi connectivity index (χ0v) is 11.5. The second kappa shape index (κ2) is 6.89. The molecule has 0 bridgehead atoms. The average molecular weight is 273 g/mol.